The summed E-state index contributed by atoms with van der Waals surface area (Å²) in [5.74, 6) is 3.27. The smallest absolute Gasteiger partial charge is 0.129 e. The summed E-state index contributed by atoms with van der Waals surface area (Å²) in [7, 11) is 0.423. The Hall–Kier alpha value is -1.04. The minimum Gasteiger partial charge on any atom is -0.380 e. The van der Waals surface area contributed by atoms with Crippen LogP contribution in [0.2, 0.25) is 19.6 Å². The number of benzene rings is 1. The van der Waals surface area contributed by atoms with Gasteiger partial charge < -0.3 is 4.74 Å². The molecule has 0 unspecified atom stereocenters. The van der Waals surface area contributed by atoms with Gasteiger partial charge in [-0.25, -0.2) is 0 Å². The Morgan fingerprint density at radius 3 is 2.47 bits per heavy atom. The van der Waals surface area contributed by atoms with E-state index in [1.807, 2.05) is 12.1 Å². The second kappa shape index (κ2) is 5.15. The van der Waals surface area contributed by atoms with Gasteiger partial charge in [0.15, 0.2) is 0 Å². The molecule has 0 amide bonds. The molecule has 1 aromatic carbocycles. The van der Waals surface area contributed by atoms with Crippen LogP contribution >= 0.6 is 0 Å². The Morgan fingerprint density at radius 1 is 1.20 bits per heavy atom. The number of hydrogen-bond donors (Lipinski definition) is 0. The normalized spacial score (nSPS) is 10.7. The predicted octanol–water partition coefficient (Wildman–Crippen LogP) is 3.06. The fourth-order valence-corrected chi connectivity index (χ4v) is 1.69. The third-order valence-corrected chi connectivity index (χ3v) is 2.76. The van der Waals surface area contributed by atoms with Crippen molar-refractivity contribution in [2.75, 3.05) is 7.11 Å². The van der Waals surface area contributed by atoms with E-state index in [1.54, 1.807) is 7.11 Å². The van der Waals surface area contributed by atoms with Gasteiger partial charge in [-0.15, -0.1) is 5.54 Å². The van der Waals surface area contributed by atoms with Gasteiger partial charge in [-0.3, -0.25) is 0 Å². The van der Waals surface area contributed by atoms with E-state index in [1.165, 1.54) is 5.56 Å². The van der Waals surface area contributed by atoms with Crippen LogP contribution in [0.1, 0.15) is 11.1 Å². The van der Waals surface area contributed by atoms with Crippen molar-refractivity contribution in [3.63, 3.8) is 0 Å². The van der Waals surface area contributed by atoms with Gasteiger partial charge in [-0.05, 0) is 11.6 Å². The van der Waals surface area contributed by atoms with E-state index >= 15 is 0 Å². The lowest BCUT2D eigenvalue weighted by atomic mass is 10.1. The molecule has 0 radical (unpaired) electrons. The monoisotopic (exact) mass is 218 g/mol. The molecule has 0 saturated carbocycles. The molecule has 0 saturated heterocycles. The van der Waals surface area contributed by atoms with E-state index < -0.39 is 8.07 Å². The van der Waals surface area contributed by atoms with E-state index in [9.17, 15) is 0 Å². The van der Waals surface area contributed by atoms with Crippen LogP contribution in [-0.4, -0.2) is 15.2 Å². The van der Waals surface area contributed by atoms with Gasteiger partial charge in [0.25, 0.3) is 0 Å². The topological polar surface area (TPSA) is 9.23 Å². The number of rotatable bonds is 2. The van der Waals surface area contributed by atoms with E-state index in [4.69, 9.17) is 4.74 Å². The summed E-state index contributed by atoms with van der Waals surface area (Å²) in [5, 5.41) is 0. The highest BCUT2D eigenvalue weighted by Crippen LogP contribution is 2.09. The maximum absolute atomic E-state index is 5.14. The molecule has 0 bridgehead atoms. The van der Waals surface area contributed by atoms with Gasteiger partial charge in [0.1, 0.15) is 8.07 Å². The van der Waals surface area contributed by atoms with E-state index in [2.05, 4.69) is 43.2 Å². The second-order valence-corrected chi connectivity index (χ2v) is 9.34. The van der Waals surface area contributed by atoms with Crippen LogP contribution in [0.4, 0.5) is 0 Å². The first-order chi connectivity index (χ1) is 7.03. The first kappa shape index (κ1) is 12.0. The zero-order valence-electron chi connectivity index (χ0n) is 9.92. The molecular formula is C13H18OSi. The van der Waals surface area contributed by atoms with Crippen molar-refractivity contribution in [2.24, 2.45) is 0 Å². The Balaban J connectivity index is 2.97. The fraction of sp³-hybridized carbons (Fsp3) is 0.385. The minimum absolute atomic E-state index is 0.635. The first-order valence-corrected chi connectivity index (χ1v) is 8.63. The molecule has 0 aliphatic heterocycles. The molecule has 80 valence electrons. The molecule has 0 aliphatic carbocycles. The summed E-state index contributed by atoms with van der Waals surface area (Å²) >= 11 is 0. The van der Waals surface area contributed by atoms with Gasteiger partial charge in [-0.2, -0.15) is 0 Å². The largest absolute Gasteiger partial charge is 0.380 e. The zero-order valence-corrected chi connectivity index (χ0v) is 10.9. The van der Waals surface area contributed by atoms with Crippen LogP contribution in [0, 0.1) is 11.5 Å². The van der Waals surface area contributed by atoms with Gasteiger partial charge in [-0.1, -0.05) is 43.8 Å². The average molecular weight is 218 g/mol. The van der Waals surface area contributed by atoms with E-state index in [0.29, 0.717) is 6.61 Å². The van der Waals surface area contributed by atoms with Crippen molar-refractivity contribution in [1.29, 1.82) is 0 Å². The van der Waals surface area contributed by atoms with Gasteiger partial charge in [0.05, 0.1) is 6.61 Å². The standard InChI is InChI=1S/C13H18OSi/c1-14-11-13-8-6-5-7-12(13)9-10-15(2,3)4/h5-8H,11H2,1-4H3. The highest BCUT2D eigenvalue weighted by atomic mass is 28.3. The summed E-state index contributed by atoms with van der Waals surface area (Å²) in [6.45, 7) is 7.38. The lowest BCUT2D eigenvalue weighted by Gasteiger charge is -2.05. The highest BCUT2D eigenvalue weighted by Gasteiger charge is 2.07. The quantitative estimate of drug-likeness (QED) is 0.547. The maximum atomic E-state index is 5.14. The van der Waals surface area contributed by atoms with Crippen molar-refractivity contribution in [1.82, 2.24) is 0 Å². The van der Waals surface area contributed by atoms with Crippen molar-refractivity contribution in [3.05, 3.63) is 35.4 Å². The summed E-state index contributed by atoms with van der Waals surface area (Å²) < 4.78 is 5.14. The summed E-state index contributed by atoms with van der Waals surface area (Å²) in [5.41, 5.74) is 5.64. The second-order valence-electron chi connectivity index (χ2n) is 4.59. The maximum Gasteiger partial charge on any atom is 0.129 e. The van der Waals surface area contributed by atoms with Crippen LogP contribution in [0.3, 0.4) is 0 Å². The predicted molar refractivity (Wildman–Crippen MR) is 67.4 cm³/mol. The SMILES string of the molecule is COCc1ccccc1C#C[Si](C)(C)C. The van der Waals surface area contributed by atoms with Crippen LogP contribution in [0.5, 0.6) is 0 Å². The van der Waals surface area contributed by atoms with Crippen LogP contribution in [0.25, 0.3) is 0 Å². The first-order valence-electron chi connectivity index (χ1n) is 5.13. The molecule has 0 spiro atoms. The Bertz CT molecular complexity index is 380. The molecule has 0 fully saturated rings. The molecule has 0 atom stereocenters. The molecular weight excluding hydrogens is 200 g/mol. The molecule has 2 heteroatoms. The third-order valence-electron chi connectivity index (χ3n) is 1.89. The fourth-order valence-electron chi connectivity index (χ4n) is 1.18. The Labute approximate surface area is 93.5 Å². The van der Waals surface area contributed by atoms with Crippen LogP contribution in [0.15, 0.2) is 24.3 Å². The number of hydrogen-bond acceptors (Lipinski definition) is 1. The zero-order chi connectivity index (χ0) is 11.3. The lowest BCUT2D eigenvalue weighted by molar-refractivity contribution is 0.184. The minimum atomic E-state index is -1.29. The molecule has 1 aromatic rings. The number of ether oxygens (including phenoxy) is 1. The molecule has 1 nitrogen and oxygen atoms in total. The van der Waals surface area contributed by atoms with Crippen molar-refractivity contribution in [3.8, 4) is 11.5 Å². The van der Waals surface area contributed by atoms with Crippen molar-refractivity contribution in [2.45, 2.75) is 26.2 Å². The molecule has 0 aromatic heterocycles. The molecule has 0 heterocycles. The molecule has 15 heavy (non-hydrogen) atoms. The lowest BCUT2D eigenvalue weighted by Crippen LogP contribution is -2.16. The van der Waals surface area contributed by atoms with Crippen molar-refractivity contribution >= 4 is 8.07 Å². The molecule has 0 N–H and O–H groups in total. The Kier molecular flexibility index (Phi) is 4.13. The summed E-state index contributed by atoms with van der Waals surface area (Å²) in [6.07, 6.45) is 0. The third kappa shape index (κ3) is 4.33. The van der Waals surface area contributed by atoms with Gasteiger partial charge in [0.2, 0.25) is 0 Å². The van der Waals surface area contributed by atoms with Gasteiger partial charge in [0, 0.05) is 12.7 Å². The summed E-state index contributed by atoms with van der Waals surface area (Å²) in [4.78, 5) is 0. The van der Waals surface area contributed by atoms with E-state index in [0.717, 1.165) is 5.56 Å². The molecule has 0 aliphatic rings. The summed E-state index contributed by atoms with van der Waals surface area (Å²) in [6, 6.07) is 8.17. The van der Waals surface area contributed by atoms with Crippen molar-refractivity contribution < 1.29 is 4.74 Å². The van der Waals surface area contributed by atoms with Gasteiger partial charge >= 0.3 is 0 Å². The van der Waals surface area contributed by atoms with Crippen LogP contribution < -0.4 is 0 Å². The van der Waals surface area contributed by atoms with E-state index in [-0.39, 0.29) is 0 Å². The highest BCUT2D eigenvalue weighted by molar-refractivity contribution is 6.83. The Morgan fingerprint density at radius 2 is 1.87 bits per heavy atom. The molecule has 1 rings (SSSR count). The van der Waals surface area contributed by atoms with Crippen LogP contribution in [-0.2, 0) is 11.3 Å². The number of methoxy groups -OCH3 is 1. The average Bonchev–Trinajstić information content (AvgIpc) is 2.16.